The molecular formula is C14H19N5O. The Morgan fingerprint density at radius 2 is 2.05 bits per heavy atom. The van der Waals surface area contributed by atoms with Gasteiger partial charge in [0.1, 0.15) is 0 Å². The zero-order chi connectivity index (χ0) is 14.9. The first-order valence-corrected chi connectivity index (χ1v) is 6.30. The molecule has 6 heteroatoms. The van der Waals surface area contributed by atoms with Crippen LogP contribution in [0.5, 0.6) is 0 Å². The second-order valence-electron chi connectivity index (χ2n) is 4.93. The van der Waals surface area contributed by atoms with Crippen LogP contribution in [0.15, 0.2) is 18.2 Å². The number of aromatic amines is 1. The van der Waals surface area contributed by atoms with Crippen molar-refractivity contribution in [2.45, 2.75) is 13.8 Å². The summed E-state index contributed by atoms with van der Waals surface area (Å²) in [5, 5.41) is 9.73. The fourth-order valence-corrected chi connectivity index (χ4v) is 2.02. The van der Waals surface area contributed by atoms with Crippen LogP contribution in [0.4, 0.5) is 17.1 Å². The lowest BCUT2D eigenvalue weighted by Gasteiger charge is -2.16. The molecule has 20 heavy (non-hydrogen) atoms. The van der Waals surface area contributed by atoms with Crippen LogP contribution >= 0.6 is 0 Å². The second-order valence-corrected chi connectivity index (χ2v) is 4.93. The van der Waals surface area contributed by atoms with Crippen molar-refractivity contribution < 1.29 is 4.79 Å². The Kier molecular flexibility index (Phi) is 3.65. The van der Waals surface area contributed by atoms with E-state index in [1.807, 2.05) is 38.9 Å². The van der Waals surface area contributed by atoms with Crippen molar-refractivity contribution in [3.05, 3.63) is 35.2 Å². The third kappa shape index (κ3) is 2.59. The van der Waals surface area contributed by atoms with Gasteiger partial charge in [0.15, 0.2) is 0 Å². The van der Waals surface area contributed by atoms with Crippen molar-refractivity contribution in [2.24, 2.45) is 0 Å². The summed E-state index contributed by atoms with van der Waals surface area (Å²) in [4.78, 5) is 14.1. The van der Waals surface area contributed by atoms with Gasteiger partial charge in [-0.05, 0) is 32.0 Å². The van der Waals surface area contributed by atoms with Crippen LogP contribution in [0.1, 0.15) is 21.7 Å². The molecule has 0 saturated heterocycles. The van der Waals surface area contributed by atoms with Gasteiger partial charge in [-0.3, -0.25) is 9.89 Å². The number of H-pyrrole nitrogens is 1. The van der Waals surface area contributed by atoms with Gasteiger partial charge in [0.2, 0.25) is 0 Å². The number of carbonyl (C=O) groups excluding carboxylic acids is 1. The minimum Gasteiger partial charge on any atom is -0.397 e. The Balaban J connectivity index is 2.24. The van der Waals surface area contributed by atoms with Crippen LogP contribution in [0, 0.1) is 13.8 Å². The minimum atomic E-state index is -0.199. The number of hydrogen-bond donors (Lipinski definition) is 3. The van der Waals surface area contributed by atoms with E-state index in [9.17, 15) is 4.79 Å². The van der Waals surface area contributed by atoms with E-state index in [1.54, 1.807) is 12.1 Å². The van der Waals surface area contributed by atoms with Crippen molar-refractivity contribution in [3.63, 3.8) is 0 Å². The van der Waals surface area contributed by atoms with E-state index in [1.165, 1.54) is 0 Å². The lowest BCUT2D eigenvalue weighted by molar-refractivity contribution is 0.102. The number of rotatable bonds is 3. The predicted molar refractivity (Wildman–Crippen MR) is 81.2 cm³/mol. The highest BCUT2D eigenvalue weighted by atomic mass is 16.1. The Morgan fingerprint density at radius 1 is 1.35 bits per heavy atom. The van der Waals surface area contributed by atoms with Crippen molar-refractivity contribution >= 4 is 23.0 Å². The average molecular weight is 273 g/mol. The molecule has 0 radical (unpaired) electrons. The summed E-state index contributed by atoms with van der Waals surface area (Å²) < 4.78 is 0. The number of benzene rings is 1. The number of aromatic nitrogens is 2. The van der Waals surface area contributed by atoms with E-state index in [0.717, 1.165) is 17.1 Å². The molecule has 1 aromatic carbocycles. The van der Waals surface area contributed by atoms with Crippen LogP contribution < -0.4 is 16.0 Å². The maximum atomic E-state index is 12.2. The number of nitrogens with two attached hydrogens (primary N) is 1. The molecule has 0 saturated carbocycles. The number of carbonyl (C=O) groups is 1. The molecule has 2 rings (SSSR count). The first-order valence-electron chi connectivity index (χ1n) is 6.30. The second kappa shape index (κ2) is 5.24. The first kappa shape index (κ1) is 13.9. The Hall–Kier alpha value is -2.50. The molecule has 0 aliphatic heterocycles. The average Bonchev–Trinajstić information content (AvgIpc) is 2.70. The van der Waals surface area contributed by atoms with Gasteiger partial charge >= 0.3 is 0 Å². The summed E-state index contributed by atoms with van der Waals surface area (Å²) in [6.45, 7) is 3.70. The molecular weight excluding hydrogens is 254 g/mol. The molecule has 1 amide bonds. The van der Waals surface area contributed by atoms with Gasteiger partial charge in [-0.15, -0.1) is 0 Å². The third-order valence-electron chi connectivity index (χ3n) is 3.14. The maximum Gasteiger partial charge on any atom is 0.255 e. The lowest BCUT2D eigenvalue weighted by atomic mass is 10.1. The van der Waals surface area contributed by atoms with Crippen LogP contribution in [-0.4, -0.2) is 30.2 Å². The van der Waals surface area contributed by atoms with Gasteiger partial charge in [-0.1, -0.05) is 0 Å². The van der Waals surface area contributed by atoms with Crippen LogP contribution in [0.2, 0.25) is 0 Å². The third-order valence-corrected chi connectivity index (χ3v) is 3.14. The fraction of sp³-hybridized carbons (Fsp3) is 0.286. The van der Waals surface area contributed by atoms with Crippen molar-refractivity contribution in [1.29, 1.82) is 0 Å². The number of anilines is 3. The highest BCUT2D eigenvalue weighted by Crippen LogP contribution is 2.23. The normalized spacial score (nSPS) is 10.4. The molecule has 0 fully saturated rings. The molecule has 1 aromatic heterocycles. The molecule has 2 aromatic rings. The van der Waals surface area contributed by atoms with Gasteiger partial charge < -0.3 is 16.0 Å². The maximum absolute atomic E-state index is 12.2. The Morgan fingerprint density at radius 3 is 2.55 bits per heavy atom. The number of aryl methyl sites for hydroxylation is 2. The molecule has 1 heterocycles. The Labute approximate surface area is 118 Å². The molecule has 4 N–H and O–H groups in total. The van der Waals surface area contributed by atoms with Crippen molar-refractivity contribution in [2.75, 3.05) is 30.0 Å². The highest BCUT2D eigenvalue weighted by molar-refractivity contribution is 6.05. The summed E-state index contributed by atoms with van der Waals surface area (Å²) in [6, 6.07) is 5.26. The van der Waals surface area contributed by atoms with E-state index < -0.39 is 0 Å². The van der Waals surface area contributed by atoms with E-state index in [2.05, 4.69) is 15.5 Å². The largest absolute Gasteiger partial charge is 0.397 e. The number of nitrogen functional groups attached to an aromatic ring is 1. The van der Waals surface area contributed by atoms with Crippen LogP contribution in [0.3, 0.4) is 0 Å². The Bertz CT molecular complexity index is 626. The van der Waals surface area contributed by atoms with Gasteiger partial charge in [0, 0.05) is 19.7 Å². The van der Waals surface area contributed by atoms with E-state index in [0.29, 0.717) is 16.9 Å². The van der Waals surface area contributed by atoms with Gasteiger partial charge in [-0.25, -0.2) is 0 Å². The monoisotopic (exact) mass is 273 g/mol. The van der Waals surface area contributed by atoms with Crippen LogP contribution in [0.25, 0.3) is 0 Å². The standard InChI is InChI=1S/C14H19N5O/c1-8-13(9(2)18-17-8)16-14(20)10-5-6-12(19(3)4)11(15)7-10/h5-7H,15H2,1-4H3,(H,16,20)(H,17,18). The number of nitrogens with zero attached hydrogens (tertiary/aromatic N) is 2. The number of nitrogens with one attached hydrogen (secondary N) is 2. The SMILES string of the molecule is Cc1n[nH]c(C)c1NC(=O)c1ccc(N(C)C)c(N)c1. The molecule has 0 atom stereocenters. The molecule has 0 unspecified atom stereocenters. The molecule has 0 aliphatic carbocycles. The van der Waals surface area contributed by atoms with E-state index in [4.69, 9.17) is 5.73 Å². The quantitative estimate of drug-likeness (QED) is 0.746. The van der Waals surface area contributed by atoms with Gasteiger partial charge in [-0.2, -0.15) is 5.10 Å². The first-order chi connectivity index (χ1) is 9.40. The van der Waals surface area contributed by atoms with Crippen molar-refractivity contribution in [3.8, 4) is 0 Å². The summed E-state index contributed by atoms with van der Waals surface area (Å²) >= 11 is 0. The molecule has 0 spiro atoms. The topological polar surface area (TPSA) is 87.0 Å². The summed E-state index contributed by atoms with van der Waals surface area (Å²) in [5.74, 6) is -0.199. The summed E-state index contributed by atoms with van der Waals surface area (Å²) in [7, 11) is 3.81. The van der Waals surface area contributed by atoms with E-state index in [-0.39, 0.29) is 5.91 Å². The lowest BCUT2D eigenvalue weighted by Crippen LogP contribution is -2.15. The minimum absolute atomic E-state index is 0.199. The van der Waals surface area contributed by atoms with Crippen LogP contribution in [-0.2, 0) is 0 Å². The zero-order valence-electron chi connectivity index (χ0n) is 12.1. The van der Waals surface area contributed by atoms with E-state index >= 15 is 0 Å². The van der Waals surface area contributed by atoms with Gasteiger partial charge in [0.25, 0.3) is 5.91 Å². The predicted octanol–water partition coefficient (Wildman–Crippen LogP) is 1.93. The molecule has 0 bridgehead atoms. The summed E-state index contributed by atoms with van der Waals surface area (Å²) in [6.07, 6.45) is 0. The fourth-order valence-electron chi connectivity index (χ4n) is 2.02. The summed E-state index contributed by atoms with van der Waals surface area (Å²) in [5.41, 5.74) is 10.2. The molecule has 6 nitrogen and oxygen atoms in total. The zero-order valence-corrected chi connectivity index (χ0v) is 12.1. The molecule has 106 valence electrons. The number of hydrogen-bond acceptors (Lipinski definition) is 4. The van der Waals surface area contributed by atoms with Gasteiger partial charge in [0.05, 0.1) is 28.5 Å². The molecule has 0 aliphatic rings. The smallest absolute Gasteiger partial charge is 0.255 e. The highest BCUT2D eigenvalue weighted by Gasteiger charge is 2.13. The van der Waals surface area contributed by atoms with Crippen molar-refractivity contribution in [1.82, 2.24) is 10.2 Å². The number of amides is 1.